The van der Waals surface area contributed by atoms with Crippen molar-refractivity contribution >= 4 is 0 Å². The Morgan fingerprint density at radius 3 is 2.57 bits per heavy atom. The molecule has 0 saturated carbocycles. The Labute approximate surface area is 124 Å². The summed E-state index contributed by atoms with van der Waals surface area (Å²) in [6.45, 7) is 0.927. The third-order valence-corrected chi connectivity index (χ3v) is 3.18. The molecule has 0 fully saturated rings. The second-order valence-corrected chi connectivity index (χ2v) is 4.55. The molecule has 0 spiro atoms. The summed E-state index contributed by atoms with van der Waals surface area (Å²) in [4.78, 5) is 4.28. The summed E-state index contributed by atoms with van der Waals surface area (Å²) >= 11 is 0. The first kappa shape index (κ1) is 15.3. The minimum absolute atomic E-state index is 0.437. The van der Waals surface area contributed by atoms with Crippen LogP contribution < -0.4 is 14.8 Å². The van der Waals surface area contributed by atoms with Gasteiger partial charge < -0.3 is 19.9 Å². The molecule has 1 aromatic carbocycles. The maximum atomic E-state index is 10.1. The van der Waals surface area contributed by atoms with Gasteiger partial charge in [0.25, 0.3) is 0 Å². The molecule has 2 N–H and O–H groups in total. The zero-order chi connectivity index (χ0) is 15.1. The molecule has 5 nitrogen and oxygen atoms in total. The largest absolute Gasteiger partial charge is 0.493 e. The Morgan fingerprint density at radius 2 is 1.90 bits per heavy atom. The number of aromatic nitrogens is 1. The van der Waals surface area contributed by atoms with Crippen LogP contribution in [0.5, 0.6) is 11.5 Å². The van der Waals surface area contributed by atoms with E-state index in [-0.39, 0.29) is 0 Å². The van der Waals surface area contributed by atoms with Crippen molar-refractivity contribution in [2.45, 2.75) is 12.6 Å². The zero-order valence-electron chi connectivity index (χ0n) is 12.2. The molecule has 0 aliphatic rings. The second kappa shape index (κ2) is 7.61. The first-order chi connectivity index (χ1) is 10.3. The number of rotatable bonds is 7. The minimum atomic E-state index is -0.553. The van der Waals surface area contributed by atoms with E-state index < -0.39 is 6.10 Å². The number of nitrogens with zero attached hydrogens (tertiary/aromatic N) is 1. The van der Waals surface area contributed by atoms with Crippen molar-refractivity contribution in [1.82, 2.24) is 10.3 Å². The molecule has 112 valence electrons. The van der Waals surface area contributed by atoms with Crippen molar-refractivity contribution in [3.05, 3.63) is 53.9 Å². The number of methoxy groups -OCH3 is 2. The monoisotopic (exact) mass is 288 g/mol. The summed E-state index contributed by atoms with van der Waals surface area (Å²) in [7, 11) is 3.18. The van der Waals surface area contributed by atoms with E-state index in [1.165, 1.54) is 0 Å². The van der Waals surface area contributed by atoms with E-state index in [1.807, 2.05) is 30.3 Å². The predicted octanol–water partition coefficient (Wildman–Crippen LogP) is 1.92. The van der Waals surface area contributed by atoms with E-state index >= 15 is 0 Å². The lowest BCUT2D eigenvalue weighted by molar-refractivity contribution is 0.174. The first-order valence-corrected chi connectivity index (χ1v) is 6.76. The van der Waals surface area contributed by atoms with Gasteiger partial charge in [-0.05, 0) is 5.56 Å². The van der Waals surface area contributed by atoms with Crippen LogP contribution in [0, 0.1) is 0 Å². The number of hydrogen-bond acceptors (Lipinski definition) is 5. The highest BCUT2D eigenvalue weighted by atomic mass is 16.5. The van der Waals surface area contributed by atoms with Crippen LogP contribution in [-0.2, 0) is 6.54 Å². The molecule has 5 heteroatoms. The number of benzene rings is 1. The highest BCUT2D eigenvalue weighted by Gasteiger charge is 2.12. The summed E-state index contributed by atoms with van der Waals surface area (Å²) in [5, 5.41) is 13.3. The quantitative estimate of drug-likeness (QED) is 0.815. The minimum Gasteiger partial charge on any atom is -0.493 e. The molecule has 0 radical (unpaired) electrons. The number of aliphatic hydroxyl groups is 1. The SMILES string of the molecule is COc1ccnc(CNCC(O)c2ccccc2)c1OC. The first-order valence-electron chi connectivity index (χ1n) is 6.76. The normalized spacial score (nSPS) is 12.0. The molecule has 2 aromatic rings. The Balaban J connectivity index is 1.95. The van der Waals surface area contributed by atoms with Crippen molar-refractivity contribution in [3.63, 3.8) is 0 Å². The fourth-order valence-electron chi connectivity index (χ4n) is 2.10. The summed E-state index contributed by atoms with van der Waals surface area (Å²) < 4.78 is 10.6. The second-order valence-electron chi connectivity index (χ2n) is 4.55. The lowest BCUT2D eigenvalue weighted by atomic mass is 10.1. The average molecular weight is 288 g/mol. The smallest absolute Gasteiger partial charge is 0.183 e. The molecular formula is C16H20N2O3. The van der Waals surface area contributed by atoms with Gasteiger partial charge in [-0.25, -0.2) is 0 Å². The van der Waals surface area contributed by atoms with Gasteiger partial charge in [-0.2, -0.15) is 0 Å². The van der Waals surface area contributed by atoms with E-state index in [0.717, 1.165) is 11.3 Å². The van der Waals surface area contributed by atoms with Crippen LogP contribution in [0.1, 0.15) is 17.4 Å². The van der Waals surface area contributed by atoms with Crippen LogP contribution in [0.15, 0.2) is 42.6 Å². The van der Waals surface area contributed by atoms with E-state index in [9.17, 15) is 5.11 Å². The summed E-state index contributed by atoms with van der Waals surface area (Å²) in [6.07, 6.45) is 1.12. The van der Waals surface area contributed by atoms with Crippen molar-refractivity contribution in [1.29, 1.82) is 0 Å². The highest BCUT2D eigenvalue weighted by molar-refractivity contribution is 5.42. The highest BCUT2D eigenvalue weighted by Crippen LogP contribution is 2.28. The molecule has 1 aromatic heterocycles. The maximum Gasteiger partial charge on any atom is 0.183 e. The van der Waals surface area contributed by atoms with Crippen molar-refractivity contribution < 1.29 is 14.6 Å². The number of nitrogens with one attached hydrogen (secondary N) is 1. The number of ether oxygens (including phenoxy) is 2. The van der Waals surface area contributed by atoms with Gasteiger partial charge in [-0.3, -0.25) is 4.98 Å². The third kappa shape index (κ3) is 3.93. The average Bonchev–Trinajstić information content (AvgIpc) is 2.55. The van der Waals surface area contributed by atoms with E-state index in [2.05, 4.69) is 10.3 Å². The lowest BCUT2D eigenvalue weighted by Gasteiger charge is -2.14. The van der Waals surface area contributed by atoms with Crippen LogP contribution in [0.2, 0.25) is 0 Å². The summed E-state index contributed by atoms with van der Waals surface area (Å²) in [5.74, 6) is 1.26. The fraction of sp³-hybridized carbons (Fsp3) is 0.312. The molecule has 0 bridgehead atoms. The Morgan fingerprint density at radius 1 is 1.14 bits per heavy atom. The summed E-state index contributed by atoms with van der Waals surface area (Å²) in [6, 6.07) is 11.3. The molecule has 21 heavy (non-hydrogen) atoms. The van der Waals surface area contributed by atoms with Gasteiger partial charge in [-0.15, -0.1) is 0 Å². The van der Waals surface area contributed by atoms with Gasteiger partial charge >= 0.3 is 0 Å². The Kier molecular flexibility index (Phi) is 5.54. The van der Waals surface area contributed by atoms with Gasteiger partial charge in [0.1, 0.15) is 0 Å². The summed E-state index contributed by atoms with van der Waals surface area (Å²) in [5.41, 5.74) is 1.63. The van der Waals surface area contributed by atoms with Crippen molar-refractivity contribution in [2.24, 2.45) is 0 Å². The van der Waals surface area contributed by atoms with Gasteiger partial charge in [0.2, 0.25) is 0 Å². The molecule has 0 aliphatic carbocycles. The molecule has 1 heterocycles. The molecular weight excluding hydrogens is 268 g/mol. The third-order valence-electron chi connectivity index (χ3n) is 3.18. The van der Waals surface area contributed by atoms with Crippen molar-refractivity contribution in [3.8, 4) is 11.5 Å². The van der Waals surface area contributed by atoms with Gasteiger partial charge in [0.05, 0.1) is 26.0 Å². The molecule has 1 unspecified atom stereocenters. The Bertz CT molecular complexity index is 561. The zero-order valence-corrected chi connectivity index (χ0v) is 12.2. The Hall–Kier alpha value is -2.11. The standard InChI is InChI=1S/C16H20N2O3/c1-20-15-8-9-18-13(16(15)21-2)10-17-11-14(19)12-6-4-3-5-7-12/h3-9,14,17,19H,10-11H2,1-2H3. The van der Waals surface area contributed by atoms with Crippen LogP contribution in [0.3, 0.4) is 0 Å². The van der Waals surface area contributed by atoms with Crippen LogP contribution in [0.4, 0.5) is 0 Å². The molecule has 1 atom stereocenters. The number of hydrogen-bond donors (Lipinski definition) is 2. The molecule has 0 saturated heterocycles. The lowest BCUT2D eigenvalue weighted by Crippen LogP contribution is -2.22. The molecule has 0 aliphatic heterocycles. The number of aliphatic hydroxyl groups excluding tert-OH is 1. The van der Waals surface area contributed by atoms with E-state index in [0.29, 0.717) is 24.6 Å². The fourth-order valence-corrected chi connectivity index (χ4v) is 2.10. The predicted molar refractivity (Wildman–Crippen MR) is 80.4 cm³/mol. The van der Waals surface area contributed by atoms with E-state index in [4.69, 9.17) is 9.47 Å². The topological polar surface area (TPSA) is 63.6 Å². The molecule has 0 amide bonds. The van der Waals surface area contributed by atoms with Gasteiger partial charge in [0.15, 0.2) is 11.5 Å². The number of pyridine rings is 1. The van der Waals surface area contributed by atoms with Crippen molar-refractivity contribution in [2.75, 3.05) is 20.8 Å². The molecule has 2 rings (SSSR count). The van der Waals surface area contributed by atoms with E-state index in [1.54, 1.807) is 26.5 Å². The van der Waals surface area contributed by atoms with Crippen LogP contribution in [0.25, 0.3) is 0 Å². The van der Waals surface area contributed by atoms with Gasteiger partial charge in [-0.1, -0.05) is 30.3 Å². The maximum absolute atomic E-state index is 10.1. The van der Waals surface area contributed by atoms with Gasteiger partial charge in [0, 0.05) is 25.4 Å². The van der Waals surface area contributed by atoms with Crippen LogP contribution in [-0.4, -0.2) is 30.9 Å². The van der Waals surface area contributed by atoms with Crippen LogP contribution >= 0.6 is 0 Å².